The van der Waals surface area contributed by atoms with Gasteiger partial charge in [0.2, 0.25) is 0 Å². The van der Waals surface area contributed by atoms with Gasteiger partial charge in [-0.2, -0.15) is 0 Å². The van der Waals surface area contributed by atoms with Crippen molar-refractivity contribution in [3.05, 3.63) is 34.6 Å². The van der Waals surface area contributed by atoms with Crippen LogP contribution in [0.2, 0.25) is 5.02 Å². The van der Waals surface area contributed by atoms with Crippen LogP contribution in [-0.4, -0.2) is 76.6 Å². The lowest BCUT2D eigenvalue weighted by atomic mass is 9.84. The first-order chi connectivity index (χ1) is 14.4. The highest BCUT2D eigenvalue weighted by Crippen LogP contribution is 2.30. The van der Waals surface area contributed by atoms with Gasteiger partial charge in [0, 0.05) is 62.2 Å². The summed E-state index contributed by atoms with van der Waals surface area (Å²) < 4.78 is 24.6. The van der Waals surface area contributed by atoms with Crippen LogP contribution in [0.1, 0.15) is 25.8 Å². The van der Waals surface area contributed by atoms with Gasteiger partial charge in [0.05, 0.1) is 19.8 Å². The zero-order valence-electron chi connectivity index (χ0n) is 18.2. The van der Waals surface area contributed by atoms with E-state index in [1.54, 1.807) is 13.1 Å². The maximum atomic E-state index is 13.4. The smallest absolute Gasteiger partial charge is 0.191 e. The Kier molecular flexibility index (Phi) is 8.34. The van der Waals surface area contributed by atoms with Crippen molar-refractivity contribution in [3.8, 4) is 0 Å². The van der Waals surface area contributed by atoms with Gasteiger partial charge in [0.15, 0.2) is 5.96 Å². The highest BCUT2D eigenvalue weighted by Gasteiger charge is 2.32. The Morgan fingerprint density at radius 2 is 2.03 bits per heavy atom. The van der Waals surface area contributed by atoms with E-state index < -0.39 is 0 Å². The van der Waals surface area contributed by atoms with Crippen molar-refractivity contribution in [1.29, 1.82) is 0 Å². The quantitative estimate of drug-likeness (QED) is 0.504. The molecule has 8 heteroatoms. The number of aliphatic imine (C=N–C) groups is 1. The molecule has 0 bridgehead atoms. The van der Waals surface area contributed by atoms with Crippen molar-refractivity contribution in [2.75, 3.05) is 59.7 Å². The van der Waals surface area contributed by atoms with Gasteiger partial charge < -0.3 is 20.1 Å². The van der Waals surface area contributed by atoms with Gasteiger partial charge in [0.25, 0.3) is 0 Å². The van der Waals surface area contributed by atoms with Gasteiger partial charge in [-0.1, -0.05) is 31.5 Å². The zero-order valence-corrected chi connectivity index (χ0v) is 19.0. The lowest BCUT2D eigenvalue weighted by molar-refractivity contribution is 0.00246. The molecule has 2 atom stereocenters. The van der Waals surface area contributed by atoms with Crippen LogP contribution in [0.15, 0.2) is 23.2 Å². The summed E-state index contributed by atoms with van der Waals surface area (Å²) in [5.74, 6) is 0.941. The van der Waals surface area contributed by atoms with Crippen LogP contribution >= 0.6 is 11.6 Å². The molecule has 6 nitrogen and oxygen atoms in total. The molecule has 2 heterocycles. The molecule has 168 valence electrons. The van der Waals surface area contributed by atoms with Gasteiger partial charge in [-0.05, 0) is 24.1 Å². The Morgan fingerprint density at radius 1 is 1.27 bits per heavy atom. The second-order valence-corrected chi connectivity index (χ2v) is 9.06. The third kappa shape index (κ3) is 6.06. The molecule has 30 heavy (non-hydrogen) atoms. The lowest BCUT2D eigenvalue weighted by Gasteiger charge is -2.38. The lowest BCUT2D eigenvalue weighted by Crippen LogP contribution is -2.54. The molecular weight excluding hydrogens is 407 g/mol. The van der Waals surface area contributed by atoms with E-state index in [0.29, 0.717) is 23.5 Å². The van der Waals surface area contributed by atoms with Gasteiger partial charge in [-0.25, -0.2) is 4.39 Å². The van der Waals surface area contributed by atoms with E-state index in [1.165, 1.54) is 12.1 Å². The summed E-state index contributed by atoms with van der Waals surface area (Å²) in [5, 5.41) is 7.35. The van der Waals surface area contributed by atoms with Gasteiger partial charge >= 0.3 is 0 Å². The van der Waals surface area contributed by atoms with Crippen molar-refractivity contribution in [2.24, 2.45) is 10.9 Å². The molecule has 2 fully saturated rings. The second-order valence-electron chi connectivity index (χ2n) is 8.65. The van der Waals surface area contributed by atoms with E-state index in [-0.39, 0.29) is 11.2 Å². The minimum atomic E-state index is -0.324. The number of halogens is 2. The fourth-order valence-corrected chi connectivity index (χ4v) is 4.64. The average Bonchev–Trinajstić information content (AvgIpc) is 3.25. The number of morpholine rings is 1. The van der Waals surface area contributed by atoms with Crippen LogP contribution in [0.4, 0.5) is 4.39 Å². The topological polar surface area (TPSA) is 58.1 Å². The van der Waals surface area contributed by atoms with E-state index in [0.717, 1.165) is 64.0 Å². The molecular formula is C22H34ClFN4O2. The number of hydrogen-bond acceptors (Lipinski definition) is 4. The van der Waals surface area contributed by atoms with Crippen molar-refractivity contribution in [2.45, 2.75) is 31.7 Å². The van der Waals surface area contributed by atoms with E-state index in [4.69, 9.17) is 21.1 Å². The summed E-state index contributed by atoms with van der Waals surface area (Å²) in [5.41, 5.74) is 0.619. The van der Waals surface area contributed by atoms with E-state index >= 15 is 0 Å². The molecule has 3 rings (SSSR count). The number of nitrogens with zero attached hydrogens (tertiary/aromatic N) is 2. The van der Waals surface area contributed by atoms with Crippen molar-refractivity contribution < 1.29 is 13.9 Å². The Bertz CT molecular complexity index is 719. The highest BCUT2D eigenvalue weighted by molar-refractivity contribution is 6.31. The van der Waals surface area contributed by atoms with E-state index in [2.05, 4.69) is 34.4 Å². The fraction of sp³-hybridized carbons (Fsp3) is 0.682. The molecule has 2 aliphatic rings. The highest BCUT2D eigenvalue weighted by atomic mass is 35.5. The molecule has 0 spiro atoms. The first kappa shape index (κ1) is 23.3. The SMILES string of the molecule is CN=C(NCC(C1CCOC1)N1CCOCC1)NCC(C)(C)c1ccc(F)cc1Cl. The first-order valence-electron chi connectivity index (χ1n) is 10.7. The minimum absolute atomic E-state index is 0.286. The van der Waals surface area contributed by atoms with Crippen molar-refractivity contribution in [3.63, 3.8) is 0 Å². The fourth-order valence-electron chi connectivity index (χ4n) is 4.22. The van der Waals surface area contributed by atoms with Crippen LogP contribution in [0.5, 0.6) is 0 Å². The molecule has 2 N–H and O–H groups in total. The van der Waals surface area contributed by atoms with Crippen LogP contribution in [0, 0.1) is 11.7 Å². The molecule has 2 saturated heterocycles. The summed E-state index contributed by atoms with van der Waals surface area (Å²) in [6, 6.07) is 4.95. The average molecular weight is 441 g/mol. The summed E-state index contributed by atoms with van der Waals surface area (Å²) in [4.78, 5) is 6.90. The number of hydrogen-bond donors (Lipinski definition) is 2. The number of benzene rings is 1. The minimum Gasteiger partial charge on any atom is -0.381 e. The maximum absolute atomic E-state index is 13.4. The molecule has 1 aromatic rings. The molecule has 0 saturated carbocycles. The maximum Gasteiger partial charge on any atom is 0.191 e. The molecule has 1 aromatic carbocycles. The van der Waals surface area contributed by atoms with E-state index in [9.17, 15) is 4.39 Å². The summed E-state index contributed by atoms with van der Waals surface area (Å²) in [7, 11) is 1.77. The van der Waals surface area contributed by atoms with Gasteiger partial charge in [0.1, 0.15) is 5.82 Å². The zero-order chi connectivity index (χ0) is 21.6. The van der Waals surface area contributed by atoms with Gasteiger partial charge in [-0.15, -0.1) is 0 Å². The third-order valence-electron chi connectivity index (χ3n) is 6.08. The van der Waals surface area contributed by atoms with Crippen molar-refractivity contribution in [1.82, 2.24) is 15.5 Å². The Hall–Kier alpha value is -1.41. The summed E-state index contributed by atoms with van der Waals surface area (Å²) in [6.45, 7) is 10.7. The largest absolute Gasteiger partial charge is 0.381 e. The van der Waals surface area contributed by atoms with Crippen LogP contribution < -0.4 is 10.6 Å². The number of nitrogens with one attached hydrogen (secondary N) is 2. The summed E-state index contributed by atoms with van der Waals surface area (Å²) >= 11 is 6.28. The molecule has 0 aliphatic carbocycles. The Labute approximate surface area is 184 Å². The monoisotopic (exact) mass is 440 g/mol. The van der Waals surface area contributed by atoms with Crippen LogP contribution in [-0.2, 0) is 14.9 Å². The normalized spacial score (nSPS) is 22.2. The second kappa shape index (κ2) is 10.8. The molecule has 0 aromatic heterocycles. The Balaban J connectivity index is 1.58. The molecule has 0 radical (unpaired) electrons. The summed E-state index contributed by atoms with van der Waals surface area (Å²) in [6.07, 6.45) is 1.09. The third-order valence-corrected chi connectivity index (χ3v) is 6.40. The number of rotatable bonds is 7. The first-order valence-corrected chi connectivity index (χ1v) is 11.1. The van der Waals surface area contributed by atoms with Crippen LogP contribution in [0.25, 0.3) is 0 Å². The van der Waals surface area contributed by atoms with E-state index in [1.807, 2.05) is 0 Å². The number of ether oxygens (including phenoxy) is 2. The van der Waals surface area contributed by atoms with Gasteiger partial charge in [-0.3, -0.25) is 9.89 Å². The molecule has 2 unspecified atom stereocenters. The Morgan fingerprint density at radius 3 is 2.67 bits per heavy atom. The predicted octanol–water partition coefficient (Wildman–Crippen LogP) is 2.66. The molecule has 0 amide bonds. The van der Waals surface area contributed by atoms with Crippen LogP contribution in [0.3, 0.4) is 0 Å². The van der Waals surface area contributed by atoms with Crippen molar-refractivity contribution >= 4 is 17.6 Å². The predicted molar refractivity (Wildman–Crippen MR) is 119 cm³/mol. The molecule has 2 aliphatic heterocycles. The standard InChI is InChI=1S/C22H34ClFN4O2/c1-22(2,18-5-4-17(24)12-19(18)23)15-27-21(25-3)26-13-20(16-6-9-30-14-16)28-7-10-29-11-8-28/h4-5,12,16,20H,6-11,13-15H2,1-3H3,(H2,25,26,27). The number of guanidine groups is 1.